The highest BCUT2D eigenvalue weighted by atomic mass is 19.4. The van der Waals surface area contributed by atoms with Gasteiger partial charge >= 0.3 is 6.18 Å². The van der Waals surface area contributed by atoms with Gasteiger partial charge in [0.25, 0.3) is 0 Å². The first-order chi connectivity index (χ1) is 13.4. The minimum Gasteiger partial charge on any atom is -0.352 e. The second kappa shape index (κ2) is 6.53. The fourth-order valence-electron chi connectivity index (χ4n) is 3.26. The van der Waals surface area contributed by atoms with Crippen LogP contribution in [0.1, 0.15) is 23.6 Å². The molecule has 3 heterocycles. The van der Waals surface area contributed by atoms with E-state index >= 15 is 0 Å². The van der Waals surface area contributed by atoms with E-state index in [1.54, 1.807) is 18.3 Å². The molecule has 0 saturated heterocycles. The Balaban J connectivity index is 1.93. The Hall–Kier alpha value is -3.60. The third-order valence-corrected chi connectivity index (χ3v) is 4.63. The van der Waals surface area contributed by atoms with Crippen LogP contribution >= 0.6 is 0 Å². The van der Waals surface area contributed by atoms with Crippen LogP contribution in [-0.2, 0) is 12.6 Å². The van der Waals surface area contributed by atoms with Gasteiger partial charge in [-0.1, -0.05) is 13.0 Å². The van der Waals surface area contributed by atoms with Crippen LogP contribution in [0.4, 0.5) is 13.2 Å². The summed E-state index contributed by atoms with van der Waals surface area (Å²) in [7, 11) is 0. The number of aromatic nitrogens is 4. The van der Waals surface area contributed by atoms with Crippen molar-refractivity contribution in [2.75, 3.05) is 0 Å². The van der Waals surface area contributed by atoms with Gasteiger partial charge in [-0.05, 0) is 36.2 Å². The molecule has 0 radical (unpaired) electrons. The molecule has 0 bridgehead atoms. The van der Waals surface area contributed by atoms with Crippen LogP contribution in [0.3, 0.4) is 0 Å². The third-order valence-electron chi connectivity index (χ3n) is 4.63. The zero-order valence-electron chi connectivity index (χ0n) is 14.7. The van der Waals surface area contributed by atoms with E-state index in [1.165, 1.54) is 12.4 Å². The van der Waals surface area contributed by atoms with Gasteiger partial charge in [-0.15, -0.1) is 0 Å². The molecule has 0 saturated carbocycles. The maximum atomic E-state index is 13.2. The van der Waals surface area contributed by atoms with Crippen LogP contribution in [-0.4, -0.2) is 19.9 Å². The number of aryl methyl sites for hydroxylation is 1. The number of nitriles is 1. The first kappa shape index (κ1) is 17.8. The molecule has 0 spiro atoms. The molecule has 0 fully saturated rings. The molecule has 28 heavy (non-hydrogen) atoms. The van der Waals surface area contributed by atoms with E-state index in [-0.39, 0.29) is 5.56 Å². The molecule has 0 amide bonds. The van der Waals surface area contributed by atoms with E-state index in [4.69, 9.17) is 0 Å². The minimum atomic E-state index is -4.47. The Bertz CT molecular complexity index is 1210. The van der Waals surface area contributed by atoms with Crippen molar-refractivity contribution in [1.29, 1.82) is 5.26 Å². The Labute approximate surface area is 157 Å². The smallest absolute Gasteiger partial charge is 0.352 e. The van der Waals surface area contributed by atoms with Crippen molar-refractivity contribution >= 4 is 11.0 Å². The number of aromatic amines is 2. The van der Waals surface area contributed by atoms with E-state index < -0.39 is 11.7 Å². The molecule has 1 aromatic carbocycles. The molecule has 140 valence electrons. The first-order valence-corrected chi connectivity index (χ1v) is 8.54. The summed E-state index contributed by atoms with van der Waals surface area (Å²) in [5.74, 6) is 0. The summed E-state index contributed by atoms with van der Waals surface area (Å²) in [5, 5.41) is 10.3. The molecule has 0 aliphatic rings. The zero-order valence-corrected chi connectivity index (χ0v) is 14.7. The van der Waals surface area contributed by atoms with E-state index in [9.17, 15) is 18.4 Å². The van der Waals surface area contributed by atoms with Crippen LogP contribution in [0.25, 0.3) is 33.7 Å². The summed E-state index contributed by atoms with van der Waals surface area (Å²) in [6.45, 7) is 1.86. The summed E-state index contributed by atoms with van der Waals surface area (Å²) in [4.78, 5) is 14.5. The van der Waals surface area contributed by atoms with Crippen molar-refractivity contribution in [2.45, 2.75) is 19.5 Å². The minimum absolute atomic E-state index is 0.256. The summed E-state index contributed by atoms with van der Waals surface area (Å²) in [6, 6.07) is 9.08. The number of nitrogens with one attached hydrogen (secondary N) is 2. The van der Waals surface area contributed by atoms with Crippen molar-refractivity contribution in [3.63, 3.8) is 0 Å². The zero-order chi connectivity index (χ0) is 19.9. The average molecular weight is 381 g/mol. The van der Waals surface area contributed by atoms with Gasteiger partial charge in [0.15, 0.2) is 0 Å². The summed E-state index contributed by atoms with van der Waals surface area (Å²) in [6.07, 6.45) is -0.822. The maximum absolute atomic E-state index is 13.2. The van der Waals surface area contributed by atoms with Gasteiger partial charge in [0.2, 0.25) is 0 Å². The van der Waals surface area contributed by atoms with Crippen LogP contribution < -0.4 is 0 Å². The molecule has 3 aromatic heterocycles. The fourth-order valence-corrected chi connectivity index (χ4v) is 3.26. The predicted octanol–water partition coefficient (Wildman–Crippen LogP) is 5.07. The monoisotopic (exact) mass is 381 g/mol. The van der Waals surface area contributed by atoms with Crippen molar-refractivity contribution < 1.29 is 13.2 Å². The Morgan fingerprint density at radius 3 is 2.68 bits per heavy atom. The summed E-state index contributed by atoms with van der Waals surface area (Å²) in [5.41, 5.74) is 2.67. The van der Waals surface area contributed by atoms with E-state index in [2.05, 4.69) is 26.0 Å². The average Bonchev–Trinajstić information content (AvgIpc) is 3.33. The van der Waals surface area contributed by atoms with Gasteiger partial charge in [0.1, 0.15) is 18.0 Å². The lowest BCUT2D eigenvalue weighted by molar-refractivity contribution is -0.137. The van der Waals surface area contributed by atoms with Crippen LogP contribution in [0.2, 0.25) is 0 Å². The second-order valence-electron chi connectivity index (χ2n) is 6.27. The van der Waals surface area contributed by atoms with Crippen molar-refractivity contribution in [2.24, 2.45) is 0 Å². The molecule has 0 unspecified atom stereocenters. The quantitative estimate of drug-likeness (QED) is 0.520. The number of H-pyrrole nitrogens is 2. The molecule has 0 aliphatic carbocycles. The number of alkyl halides is 3. The summed E-state index contributed by atoms with van der Waals surface area (Å²) < 4.78 is 39.6. The Morgan fingerprint density at radius 1 is 1.14 bits per heavy atom. The van der Waals surface area contributed by atoms with Gasteiger partial charge in [-0.3, -0.25) is 0 Å². The van der Waals surface area contributed by atoms with Crippen molar-refractivity contribution in [1.82, 2.24) is 19.9 Å². The SMILES string of the molecule is CCc1ccc(C(F)(F)F)cc1-c1[nH]c(-c2ncnc3[nH]ccc23)cc1C#N. The van der Waals surface area contributed by atoms with E-state index in [0.29, 0.717) is 40.3 Å². The Kier molecular flexibility index (Phi) is 4.15. The number of halogens is 3. The highest BCUT2D eigenvalue weighted by molar-refractivity contribution is 5.91. The van der Waals surface area contributed by atoms with Crippen molar-refractivity contribution in [3.8, 4) is 28.7 Å². The number of hydrogen-bond donors (Lipinski definition) is 2. The van der Waals surface area contributed by atoms with Crippen LogP contribution in [0.15, 0.2) is 42.9 Å². The van der Waals surface area contributed by atoms with Crippen LogP contribution in [0.5, 0.6) is 0 Å². The van der Waals surface area contributed by atoms with Gasteiger partial charge in [0, 0.05) is 17.1 Å². The maximum Gasteiger partial charge on any atom is 0.416 e. The van der Waals surface area contributed by atoms with E-state index in [0.717, 1.165) is 17.5 Å². The molecule has 5 nitrogen and oxygen atoms in total. The third kappa shape index (κ3) is 2.91. The Morgan fingerprint density at radius 2 is 1.96 bits per heavy atom. The molecular weight excluding hydrogens is 367 g/mol. The highest BCUT2D eigenvalue weighted by Crippen LogP contribution is 2.37. The van der Waals surface area contributed by atoms with Gasteiger partial charge in [-0.25, -0.2) is 9.97 Å². The lowest BCUT2D eigenvalue weighted by atomic mass is 9.97. The normalized spacial score (nSPS) is 11.7. The number of benzene rings is 1. The van der Waals surface area contributed by atoms with Crippen molar-refractivity contribution in [3.05, 3.63) is 59.5 Å². The number of nitrogens with zero attached hydrogens (tertiary/aromatic N) is 3. The lowest BCUT2D eigenvalue weighted by Gasteiger charge is -2.12. The standard InChI is InChI=1S/C20H14F3N5/c1-2-11-3-4-13(20(21,22)23)8-15(11)17-12(9-24)7-16(28-17)18-14-5-6-25-19(14)27-10-26-18/h3-8,10,28H,2H2,1H3,(H,25,26,27). The van der Waals surface area contributed by atoms with Crippen LogP contribution in [0, 0.1) is 11.3 Å². The van der Waals surface area contributed by atoms with Gasteiger partial charge in [-0.2, -0.15) is 18.4 Å². The molecular formula is C20H14F3N5. The lowest BCUT2D eigenvalue weighted by Crippen LogP contribution is -2.06. The van der Waals surface area contributed by atoms with Gasteiger partial charge in [0.05, 0.1) is 28.2 Å². The molecule has 0 atom stereocenters. The number of rotatable bonds is 3. The summed E-state index contributed by atoms with van der Waals surface area (Å²) >= 11 is 0. The molecule has 2 N–H and O–H groups in total. The molecule has 4 rings (SSSR count). The van der Waals surface area contributed by atoms with E-state index in [1.807, 2.05) is 6.92 Å². The molecule has 0 aliphatic heterocycles. The number of fused-ring (bicyclic) bond motifs is 1. The predicted molar refractivity (Wildman–Crippen MR) is 98.2 cm³/mol. The first-order valence-electron chi connectivity index (χ1n) is 8.54. The van der Waals surface area contributed by atoms with Gasteiger partial charge < -0.3 is 9.97 Å². The molecule has 4 aromatic rings. The number of hydrogen-bond acceptors (Lipinski definition) is 3. The fraction of sp³-hybridized carbons (Fsp3) is 0.150. The topological polar surface area (TPSA) is 81.2 Å². The largest absolute Gasteiger partial charge is 0.416 e. The highest BCUT2D eigenvalue weighted by Gasteiger charge is 2.31. The second-order valence-corrected chi connectivity index (χ2v) is 6.27. The molecule has 8 heteroatoms.